The van der Waals surface area contributed by atoms with Crippen molar-refractivity contribution in [2.75, 3.05) is 0 Å². The van der Waals surface area contributed by atoms with Gasteiger partial charge in [-0.25, -0.2) is 4.98 Å². The second kappa shape index (κ2) is 6.29. The summed E-state index contributed by atoms with van der Waals surface area (Å²) in [5.74, 6) is 0. The van der Waals surface area contributed by atoms with Gasteiger partial charge in [-0.15, -0.1) is 11.3 Å². The second-order valence-electron chi connectivity index (χ2n) is 6.16. The Bertz CT molecular complexity index is 606. The summed E-state index contributed by atoms with van der Waals surface area (Å²) in [4.78, 5) is 6.29. The first-order valence-electron chi connectivity index (χ1n) is 7.92. The van der Waals surface area contributed by atoms with Crippen molar-refractivity contribution in [3.05, 3.63) is 50.5 Å². The summed E-state index contributed by atoms with van der Waals surface area (Å²) in [6.45, 7) is 7.54. The highest BCUT2D eigenvalue weighted by Gasteiger charge is 2.21. The molecule has 112 valence electrons. The van der Waals surface area contributed by atoms with E-state index in [0.29, 0.717) is 0 Å². The fraction of sp³-hybridized carbons (Fsp3) is 0.500. The fourth-order valence-electron chi connectivity index (χ4n) is 2.80. The minimum absolute atomic E-state index is 0.764. The van der Waals surface area contributed by atoms with Crippen LogP contribution in [0.15, 0.2) is 18.2 Å². The van der Waals surface area contributed by atoms with Gasteiger partial charge in [0.1, 0.15) is 0 Å². The maximum absolute atomic E-state index is 4.86. The molecule has 0 bridgehead atoms. The first kappa shape index (κ1) is 14.7. The Labute approximate surface area is 131 Å². The van der Waals surface area contributed by atoms with Gasteiger partial charge in [-0.2, -0.15) is 0 Å². The van der Waals surface area contributed by atoms with Crippen LogP contribution in [-0.4, -0.2) is 11.0 Å². The molecule has 1 aliphatic carbocycles. The number of aryl methyl sites for hydroxylation is 3. The molecule has 0 radical (unpaired) electrons. The molecule has 0 atom stereocenters. The highest BCUT2D eigenvalue weighted by molar-refractivity contribution is 7.11. The molecular weight excluding hydrogens is 276 g/mol. The molecule has 0 unspecified atom stereocenters. The Hall–Kier alpha value is -1.19. The number of aromatic nitrogens is 1. The first-order valence-corrected chi connectivity index (χ1v) is 8.73. The molecule has 3 heteroatoms. The van der Waals surface area contributed by atoms with Crippen LogP contribution in [0.4, 0.5) is 0 Å². The molecule has 0 aliphatic heterocycles. The van der Waals surface area contributed by atoms with Gasteiger partial charge in [-0.1, -0.05) is 36.2 Å². The zero-order valence-corrected chi connectivity index (χ0v) is 14.0. The Kier molecular flexibility index (Phi) is 4.41. The van der Waals surface area contributed by atoms with Gasteiger partial charge in [-0.3, -0.25) is 0 Å². The van der Waals surface area contributed by atoms with Crippen LogP contribution < -0.4 is 5.32 Å². The van der Waals surface area contributed by atoms with Crippen LogP contribution in [0.5, 0.6) is 0 Å². The summed E-state index contributed by atoms with van der Waals surface area (Å²) in [5, 5.41) is 4.87. The van der Waals surface area contributed by atoms with E-state index < -0.39 is 0 Å². The minimum atomic E-state index is 0.764. The standard InChI is InChI=1S/C18H24N2S/c1-4-16-17(11-19-15-5-6-15)21-18(20-16)10-14-8-12(2)7-13(3)9-14/h7-9,15,19H,4-6,10-11H2,1-3H3. The van der Waals surface area contributed by atoms with E-state index in [-0.39, 0.29) is 0 Å². The summed E-state index contributed by atoms with van der Waals surface area (Å²) >= 11 is 1.89. The molecule has 1 fully saturated rings. The number of hydrogen-bond acceptors (Lipinski definition) is 3. The van der Waals surface area contributed by atoms with Gasteiger partial charge in [0.2, 0.25) is 0 Å². The van der Waals surface area contributed by atoms with E-state index in [1.54, 1.807) is 0 Å². The van der Waals surface area contributed by atoms with Crippen LogP contribution in [0.25, 0.3) is 0 Å². The number of benzene rings is 1. The van der Waals surface area contributed by atoms with Crippen LogP contribution >= 0.6 is 11.3 Å². The van der Waals surface area contributed by atoms with Crippen molar-refractivity contribution in [3.63, 3.8) is 0 Å². The number of rotatable bonds is 6. The van der Waals surface area contributed by atoms with Gasteiger partial charge in [0, 0.05) is 23.9 Å². The Balaban J connectivity index is 1.74. The fourth-order valence-corrected chi connectivity index (χ4v) is 3.94. The zero-order chi connectivity index (χ0) is 14.8. The quantitative estimate of drug-likeness (QED) is 0.866. The molecule has 3 rings (SSSR count). The van der Waals surface area contributed by atoms with Crippen molar-refractivity contribution < 1.29 is 0 Å². The number of hydrogen-bond donors (Lipinski definition) is 1. The van der Waals surface area contributed by atoms with E-state index in [1.165, 1.54) is 45.1 Å². The van der Waals surface area contributed by atoms with Gasteiger partial charge in [0.05, 0.1) is 10.7 Å². The molecule has 1 heterocycles. The highest BCUT2D eigenvalue weighted by atomic mass is 32.1. The maximum atomic E-state index is 4.86. The molecule has 1 aromatic heterocycles. The lowest BCUT2D eigenvalue weighted by Crippen LogP contribution is -2.15. The molecule has 21 heavy (non-hydrogen) atoms. The average molecular weight is 300 g/mol. The van der Waals surface area contributed by atoms with Crippen molar-refractivity contribution >= 4 is 11.3 Å². The van der Waals surface area contributed by atoms with Crippen LogP contribution in [0.2, 0.25) is 0 Å². The van der Waals surface area contributed by atoms with Crippen molar-refractivity contribution in [1.82, 2.24) is 10.3 Å². The predicted molar refractivity (Wildman–Crippen MR) is 90.1 cm³/mol. The van der Waals surface area contributed by atoms with Crippen LogP contribution in [-0.2, 0) is 19.4 Å². The Morgan fingerprint density at radius 2 is 1.90 bits per heavy atom. The van der Waals surface area contributed by atoms with Crippen LogP contribution in [0.1, 0.15) is 52.0 Å². The minimum Gasteiger partial charge on any atom is -0.309 e. The summed E-state index contributed by atoms with van der Waals surface area (Å²) in [5.41, 5.74) is 5.35. The Morgan fingerprint density at radius 3 is 2.52 bits per heavy atom. The molecule has 0 saturated heterocycles. The Morgan fingerprint density at radius 1 is 1.19 bits per heavy atom. The van der Waals surface area contributed by atoms with E-state index in [9.17, 15) is 0 Å². The van der Waals surface area contributed by atoms with Crippen molar-refractivity contribution in [2.24, 2.45) is 0 Å². The summed E-state index contributed by atoms with van der Waals surface area (Å²) < 4.78 is 0. The lowest BCUT2D eigenvalue weighted by Gasteiger charge is -2.02. The van der Waals surface area contributed by atoms with Gasteiger partial charge in [-0.05, 0) is 38.7 Å². The monoisotopic (exact) mass is 300 g/mol. The smallest absolute Gasteiger partial charge is 0.0975 e. The molecule has 1 aromatic carbocycles. The highest BCUT2D eigenvalue weighted by Crippen LogP contribution is 2.25. The molecule has 2 aromatic rings. The third kappa shape index (κ3) is 3.92. The van der Waals surface area contributed by atoms with Crippen molar-refractivity contribution in [1.29, 1.82) is 0 Å². The summed E-state index contributed by atoms with van der Waals surface area (Å²) in [6.07, 6.45) is 4.68. The largest absolute Gasteiger partial charge is 0.309 e. The number of thiazole rings is 1. The first-order chi connectivity index (χ1) is 10.1. The van der Waals surface area contributed by atoms with E-state index in [2.05, 4.69) is 44.3 Å². The molecule has 1 saturated carbocycles. The second-order valence-corrected chi connectivity index (χ2v) is 7.33. The predicted octanol–water partition coefficient (Wildman–Crippen LogP) is 4.17. The van der Waals surface area contributed by atoms with Gasteiger partial charge >= 0.3 is 0 Å². The summed E-state index contributed by atoms with van der Waals surface area (Å²) in [7, 11) is 0. The molecule has 2 nitrogen and oxygen atoms in total. The molecule has 1 aliphatic rings. The molecule has 0 spiro atoms. The van der Waals surface area contributed by atoms with Crippen LogP contribution in [0.3, 0.4) is 0 Å². The number of nitrogens with zero attached hydrogens (tertiary/aromatic N) is 1. The topological polar surface area (TPSA) is 24.9 Å². The molecule has 1 N–H and O–H groups in total. The molecular formula is C18H24N2S. The van der Waals surface area contributed by atoms with Gasteiger partial charge < -0.3 is 5.32 Å². The van der Waals surface area contributed by atoms with Gasteiger partial charge in [0.25, 0.3) is 0 Å². The third-order valence-electron chi connectivity index (χ3n) is 3.92. The van der Waals surface area contributed by atoms with Crippen molar-refractivity contribution in [3.8, 4) is 0 Å². The van der Waals surface area contributed by atoms with Gasteiger partial charge in [0.15, 0.2) is 0 Å². The summed E-state index contributed by atoms with van der Waals surface area (Å²) in [6, 6.07) is 7.55. The number of nitrogens with one attached hydrogen (secondary N) is 1. The maximum Gasteiger partial charge on any atom is 0.0975 e. The lowest BCUT2D eigenvalue weighted by atomic mass is 10.1. The lowest BCUT2D eigenvalue weighted by molar-refractivity contribution is 0.689. The zero-order valence-electron chi connectivity index (χ0n) is 13.2. The van der Waals surface area contributed by atoms with E-state index in [4.69, 9.17) is 4.98 Å². The van der Waals surface area contributed by atoms with E-state index in [0.717, 1.165) is 25.4 Å². The molecule has 0 amide bonds. The van der Waals surface area contributed by atoms with E-state index in [1.807, 2.05) is 11.3 Å². The van der Waals surface area contributed by atoms with E-state index >= 15 is 0 Å². The average Bonchev–Trinajstić information content (AvgIpc) is 3.17. The van der Waals surface area contributed by atoms with Crippen molar-refractivity contribution in [2.45, 2.75) is 59.0 Å². The van der Waals surface area contributed by atoms with Crippen LogP contribution in [0, 0.1) is 13.8 Å². The SMILES string of the molecule is CCc1nc(Cc2cc(C)cc(C)c2)sc1CNC1CC1. The third-order valence-corrected chi connectivity index (χ3v) is 5.02. The normalized spacial score (nSPS) is 14.6.